The molecule has 0 unspecified atom stereocenters. The number of benzene rings is 2. The van der Waals surface area contributed by atoms with Crippen molar-refractivity contribution in [1.82, 2.24) is 15.2 Å². The Kier molecular flexibility index (Phi) is 11.0. The van der Waals surface area contributed by atoms with Gasteiger partial charge in [0, 0.05) is 25.0 Å². The van der Waals surface area contributed by atoms with E-state index in [0.29, 0.717) is 6.04 Å². The highest BCUT2D eigenvalue weighted by Crippen LogP contribution is 2.33. The first-order chi connectivity index (χ1) is 18.3. The quantitative estimate of drug-likeness (QED) is 0.204. The van der Waals surface area contributed by atoms with E-state index in [4.69, 9.17) is 0 Å². The summed E-state index contributed by atoms with van der Waals surface area (Å²) in [6.45, 7) is 3.10. The number of carbonyl (C=O) groups is 1. The first-order valence-electron chi connectivity index (χ1n) is 14.0. The Labute approximate surface area is 222 Å². The van der Waals surface area contributed by atoms with Gasteiger partial charge in [-0.25, -0.2) is 0 Å². The topological polar surface area (TPSA) is 45.2 Å². The molecule has 1 N–H and O–H groups in total. The van der Waals surface area contributed by atoms with Crippen LogP contribution < -0.4 is 5.32 Å². The van der Waals surface area contributed by atoms with Gasteiger partial charge < -0.3 is 5.32 Å². The molecule has 1 saturated heterocycles. The average molecular weight is 496 g/mol. The maximum Gasteiger partial charge on any atom is 0.243 e. The summed E-state index contributed by atoms with van der Waals surface area (Å²) in [5.74, 6) is 0.825. The third kappa shape index (κ3) is 8.98. The van der Waals surface area contributed by atoms with Crippen LogP contribution in [0.15, 0.2) is 91.3 Å². The van der Waals surface area contributed by atoms with E-state index in [9.17, 15) is 4.79 Å². The lowest BCUT2D eigenvalue weighted by atomic mass is 9.88. The van der Waals surface area contributed by atoms with Gasteiger partial charge in [-0.2, -0.15) is 0 Å². The molecule has 0 bridgehead atoms. The van der Waals surface area contributed by atoms with Crippen LogP contribution in [-0.4, -0.2) is 35.4 Å². The molecule has 0 atom stereocenters. The number of rotatable bonds is 13. The molecule has 1 amide bonds. The van der Waals surface area contributed by atoms with Crippen LogP contribution in [0.5, 0.6) is 0 Å². The van der Waals surface area contributed by atoms with Gasteiger partial charge in [0.15, 0.2) is 0 Å². The van der Waals surface area contributed by atoms with Gasteiger partial charge in [0.05, 0.1) is 6.04 Å². The number of hydrogen-bond donors (Lipinski definition) is 1. The largest absolute Gasteiger partial charge is 0.353 e. The van der Waals surface area contributed by atoms with Crippen LogP contribution in [0.25, 0.3) is 6.08 Å². The van der Waals surface area contributed by atoms with Gasteiger partial charge >= 0.3 is 0 Å². The average Bonchev–Trinajstić information content (AvgIpc) is 2.96. The van der Waals surface area contributed by atoms with Gasteiger partial charge in [0.1, 0.15) is 0 Å². The lowest BCUT2D eigenvalue weighted by molar-refractivity contribution is -0.116. The van der Waals surface area contributed by atoms with E-state index < -0.39 is 0 Å². The minimum Gasteiger partial charge on any atom is -0.353 e. The number of carbonyl (C=O) groups excluding carboxylic acids is 1. The minimum atomic E-state index is -0.0306. The fourth-order valence-electron chi connectivity index (χ4n) is 5.39. The van der Waals surface area contributed by atoms with Crippen molar-refractivity contribution in [3.8, 4) is 0 Å². The summed E-state index contributed by atoms with van der Waals surface area (Å²) in [5, 5.41) is 2.98. The molecule has 0 radical (unpaired) electrons. The molecule has 1 aromatic heterocycles. The molecule has 1 fully saturated rings. The van der Waals surface area contributed by atoms with E-state index in [1.165, 1.54) is 69.2 Å². The van der Waals surface area contributed by atoms with Crippen molar-refractivity contribution < 1.29 is 4.79 Å². The van der Waals surface area contributed by atoms with E-state index in [-0.39, 0.29) is 5.91 Å². The van der Waals surface area contributed by atoms with E-state index >= 15 is 0 Å². The highest BCUT2D eigenvalue weighted by atomic mass is 16.1. The Balaban J connectivity index is 1.08. The van der Waals surface area contributed by atoms with Gasteiger partial charge in [0.2, 0.25) is 5.91 Å². The maximum atomic E-state index is 11.9. The highest BCUT2D eigenvalue weighted by molar-refractivity contribution is 5.91. The summed E-state index contributed by atoms with van der Waals surface area (Å²) in [6, 6.07) is 26.1. The van der Waals surface area contributed by atoms with Crippen LogP contribution in [0.3, 0.4) is 0 Å². The van der Waals surface area contributed by atoms with E-state index in [1.54, 1.807) is 24.5 Å². The lowest BCUT2D eigenvalue weighted by Crippen LogP contribution is -2.37. The number of hydrogen-bond acceptors (Lipinski definition) is 3. The summed E-state index contributed by atoms with van der Waals surface area (Å²) in [4.78, 5) is 18.7. The van der Waals surface area contributed by atoms with Crippen LogP contribution in [0.2, 0.25) is 0 Å². The Morgan fingerprint density at radius 3 is 2.16 bits per heavy atom. The Bertz CT molecular complexity index is 1020. The van der Waals surface area contributed by atoms with Crippen LogP contribution in [0, 0.1) is 5.92 Å². The zero-order valence-electron chi connectivity index (χ0n) is 22.0. The molecule has 4 rings (SSSR count). The molecule has 1 aliphatic heterocycles. The number of amides is 1. The van der Waals surface area contributed by atoms with Crippen molar-refractivity contribution >= 4 is 12.0 Å². The second-order valence-corrected chi connectivity index (χ2v) is 10.2. The van der Waals surface area contributed by atoms with Crippen molar-refractivity contribution in [2.24, 2.45) is 5.92 Å². The van der Waals surface area contributed by atoms with Gasteiger partial charge in [0.25, 0.3) is 0 Å². The minimum absolute atomic E-state index is 0.0306. The third-order valence-electron chi connectivity index (χ3n) is 7.44. The molecule has 2 aromatic carbocycles. The SMILES string of the molecule is O=C(C=Cc1cccnc1)NCCCCCCCC1CCN(C(c2ccccc2)c2ccccc2)CC1. The van der Waals surface area contributed by atoms with E-state index in [2.05, 4.69) is 75.9 Å². The third-order valence-corrected chi connectivity index (χ3v) is 7.44. The first kappa shape index (κ1) is 26.8. The standard InChI is InChI=1S/C33H41N3O/c37-32(20-19-29-14-12-23-34-27-29)35-24-11-3-1-2-6-13-28-21-25-36(26-22-28)33(30-15-7-4-8-16-30)31-17-9-5-10-18-31/h4-5,7-10,12,14-20,23,27-28,33H,1-3,6,11,13,21-22,24-26H2,(H,35,37). The van der Waals surface area contributed by atoms with E-state index in [0.717, 1.165) is 24.4 Å². The maximum absolute atomic E-state index is 11.9. The number of aromatic nitrogens is 1. The molecule has 0 saturated carbocycles. The van der Waals surface area contributed by atoms with Crippen LogP contribution >= 0.6 is 0 Å². The van der Waals surface area contributed by atoms with Crippen LogP contribution in [0.4, 0.5) is 0 Å². The molecule has 4 nitrogen and oxygen atoms in total. The Morgan fingerprint density at radius 1 is 0.865 bits per heavy atom. The fraction of sp³-hybridized carbons (Fsp3) is 0.394. The number of nitrogens with zero attached hydrogens (tertiary/aromatic N) is 2. The zero-order valence-corrected chi connectivity index (χ0v) is 22.0. The summed E-state index contributed by atoms with van der Waals surface area (Å²) in [5.41, 5.74) is 3.73. The van der Waals surface area contributed by atoms with Gasteiger partial charge in [-0.05, 0) is 67.1 Å². The van der Waals surface area contributed by atoms with Crippen molar-refractivity contribution in [3.63, 3.8) is 0 Å². The number of piperidine rings is 1. The van der Waals surface area contributed by atoms with E-state index in [1.807, 2.05) is 12.1 Å². The Hall–Kier alpha value is -3.24. The van der Waals surface area contributed by atoms with Crippen LogP contribution in [0.1, 0.15) is 74.1 Å². The summed E-state index contributed by atoms with van der Waals surface area (Å²) in [7, 11) is 0. The lowest BCUT2D eigenvalue weighted by Gasteiger charge is -2.38. The Morgan fingerprint density at radius 2 is 1.51 bits per heavy atom. The first-order valence-corrected chi connectivity index (χ1v) is 14.0. The molecule has 1 aliphatic rings. The van der Waals surface area contributed by atoms with Crippen molar-refractivity contribution in [2.75, 3.05) is 19.6 Å². The second-order valence-electron chi connectivity index (χ2n) is 10.2. The normalized spacial score (nSPS) is 14.8. The molecular formula is C33H41N3O. The van der Waals surface area contributed by atoms with Crippen molar-refractivity contribution in [2.45, 2.75) is 57.4 Å². The van der Waals surface area contributed by atoms with Gasteiger partial charge in [-0.1, -0.05) is 98.8 Å². The fourth-order valence-corrected chi connectivity index (χ4v) is 5.39. The summed E-state index contributed by atoms with van der Waals surface area (Å²) < 4.78 is 0. The molecule has 0 spiro atoms. The predicted octanol–water partition coefficient (Wildman–Crippen LogP) is 7.05. The molecule has 4 heteroatoms. The van der Waals surface area contributed by atoms with Gasteiger partial charge in [-0.15, -0.1) is 0 Å². The predicted molar refractivity (Wildman–Crippen MR) is 153 cm³/mol. The number of pyridine rings is 1. The molecule has 3 aromatic rings. The molecule has 2 heterocycles. The monoisotopic (exact) mass is 495 g/mol. The molecule has 0 aliphatic carbocycles. The molecule has 194 valence electrons. The zero-order chi connectivity index (χ0) is 25.5. The molecular weight excluding hydrogens is 454 g/mol. The molecule has 37 heavy (non-hydrogen) atoms. The van der Waals surface area contributed by atoms with Crippen molar-refractivity contribution in [1.29, 1.82) is 0 Å². The second kappa shape index (κ2) is 15.1. The van der Waals surface area contributed by atoms with Crippen molar-refractivity contribution in [3.05, 3.63) is 108 Å². The number of likely N-dealkylation sites (tertiary alicyclic amines) is 1. The van der Waals surface area contributed by atoms with Gasteiger partial charge in [-0.3, -0.25) is 14.7 Å². The summed E-state index contributed by atoms with van der Waals surface area (Å²) in [6.07, 6.45) is 16.9. The smallest absolute Gasteiger partial charge is 0.243 e. The number of unbranched alkanes of at least 4 members (excludes halogenated alkanes) is 4. The summed E-state index contributed by atoms with van der Waals surface area (Å²) >= 11 is 0. The number of nitrogens with one attached hydrogen (secondary N) is 1. The highest BCUT2D eigenvalue weighted by Gasteiger charge is 2.27. The van der Waals surface area contributed by atoms with Crippen LogP contribution in [-0.2, 0) is 4.79 Å².